The van der Waals surface area contributed by atoms with E-state index in [-0.39, 0.29) is 36.1 Å². The lowest BCUT2D eigenvalue weighted by atomic mass is 9.88. The molecule has 1 aromatic carbocycles. The second kappa shape index (κ2) is 9.23. The van der Waals surface area contributed by atoms with Gasteiger partial charge >= 0.3 is 0 Å². The van der Waals surface area contributed by atoms with E-state index in [1.54, 1.807) is 18.3 Å². The lowest BCUT2D eigenvalue weighted by molar-refractivity contribution is -0.127. The van der Waals surface area contributed by atoms with Gasteiger partial charge in [-0.05, 0) is 31.0 Å². The second-order valence-electron chi connectivity index (χ2n) is 8.75. The molecule has 32 heavy (non-hydrogen) atoms. The molecule has 5 rings (SSSR count). The predicted octanol–water partition coefficient (Wildman–Crippen LogP) is 2.66. The van der Waals surface area contributed by atoms with Crippen LogP contribution in [0.2, 0.25) is 0 Å². The lowest BCUT2D eigenvalue weighted by Crippen LogP contribution is -2.47. The molecule has 4 atom stereocenters. The van der Waals surface area contributed by atoms with Crippen molar-refractivity contribution in [3.05, 3.63) is 42.1 Å². The van der Waals surface area contributed by atoms with E-state index < -0.39 is 0 Å². The first-order chi connectivity index (χ1) is 15.7. The Morgan fingerprint density at radius 3 is 2.66 bits per heavy atom. The summed E-state index contributed by atoms with van der Waals surface area (Å²) in [5.74, 6) is 0.737. The molecule has 0 bridgehead atoms. The summed E-state index contributed by atoms with van der Waals surface area (Å²) >= 11 is 0. The maximum atomic E-state index is 12.7. The molecule has 166 valence electrons. The van der Waals surface area contributed by atoms with Crippen molar-refractivity contribution in [2.75, 3.05) is 18.5 Å². The summed E-state index contributed by atoms with van der Waals surface area (Å²) in [5.41, 5.74) is 2.18. The average molecular weight is 434 g/mol. The summed E-state index contributed by atoms with van der Waals surface area (Å²) in [4.78, 5) is 21.6. The van der Waals surface area contributed by atoms with Gasteiger partial charge in [0.25, 0.3) is 0 Å². The van der Waals surface area contributed by atoms with Crippen LogP contribution in [0.3, 0.4) is 0 Å². The summed E-state index contributed by atoms with van der Waals surface area (Å²) < 4.78 is 12.0. The molecular weight excluding hydrogens is 406 g/mol. The summed E-state index contributed by atoms with van der Waals surface area (Å²) in [5, 5.41) is 15.7. The van der Waals surface area contributed by atoms with E-state index >= 15 is 0 Å². The Morgan fingerprint density at radius 1 is 1.06 bits per heavy atom. The van der Waals surface area contributed by atoms with Crippen LogP contribution in [0.15, 0.2) is 36.5 Å². The molecule has 0 spiro atoms. The van der Waals surface area contributed by atoms with Gasteiger partial charge in [0.15, 0.2) is 0 Å². The van der Waals surface area contributed by atoms with Gasteiger partial charge in [-0.25, -0.2) is 9.97 Å². The van der Waals surface area contributed by atoms with E-state index in [1.165, 1.54) is 6.42 Å². The fourth-order valence-corrected chi connectivity index (χ4v) is 4.92. The normalized spacial score (nSPS) is 27.5. The Labute approximate surface area is 187 Å². The van der Waals surface area contributed by atoms with Crippen molar-refractivity contribution >= 4 is 11.9 Å². The fraction of sp³-hybridized carbons (Fsp3) is 0.500. The number of hydrogen-bond donors (Lipinski definition) is 2. The van der Waals surface area contributed by atoms with Gasteiger partial charge in [-0.3, -0.25) is 4.79 Å². The van der Waals surface area contributed by atoms with Gasteiger partial charge in [0.2, 0.25) is 11.9 Å². The molecule has 1 amide bonds. The van der Waals surface area contributed by atoms with Crippen molar-refractivity contribution in [2.24, 2.45) is 5.92 Å². The maximum Gasteiger partial charge on any atom is 0.223 e. The van der Waals surface area contributed by atoms with Crippen LogP contribution < -0.4 is 10.6 Å². The largest absolute Gasteiger partial charge is 0.371 e. The number of carbonyl (C=O) groups excluding carboxylic acids is 1. The average Bonchev–Trinajstić information content (AvgIpc) is 3.43. The van der Waals surface area contributed by atoms with Crippen LogP contribution in [-0.2, 0) is 14.3 Å². The highest BCUT2D eigenvalue weighted by molar-refractivity contribution is 5.79. The number of anilines is 1. The first kappa shape index (κ1) is 20.9. The van der Waals surface area contributed by atoms with Crippen LogP contribution in [0.1, 0.15) is 37.7 Å². The standard InChI is InChI=1S/C24H27N5O3/c25-12-15-5-4-8-17(11-15)18-9-10-26-24(28-18)29-20-14-32-21-19(13-31-22(20)21)27-23(30)16-6-2-1-3-7-16/h4-5,8-11,16,19-22H,1-3,6-7,13-14H2,(H,27,30)(H,26,28,29)/t19-,20-,21+,22+/m0/s1. The number of rotatable bonds is 5. The zero-order valence-electron chi connectivity index (χ0n) is 17.9. The third-order valence-corrected chi connectivity index (χ3v) is 6.61. The van der Waals surface area contributed by atoms with Crippen molar-refractivity contribution in [2.45, 2.75) is 56.4 Å². The first-order valence-electron chi connectivity index (χ1n) is 11.3. The maximum absolute atomic E-state index is 12.7. The molecule has 0 unspecified atom stereocenters. The SMILES string of the molecule is N#Cc1cccc(-c2ccnc(N[C@H]3CO[C@H]4[C@@H]3OC[C@@H]4NC(=O)C3CCCCC3)n2)c1. The molecule has 1 aromatic heterocycles. The van der Waals surface area contributed by atoms with Gasteiger partial charge in [-0.1, -0.05) is 31.4 Å². The van der Waals surface area contributed by atoms with Crippen molar-refractivity contribution in [3.63, 3.8) is 0 Å². The van der Waals surface area contributed by atoms with Gasteiger partial charge in [0, 0.05) is 17.7 Å². The Hall–Kier alpha value is -3.02. The molecule has 1 aliphatic carbocycles. The molecular formula is C24H27N5O3. The lowest BCUT2D eigenvalue weighted by Gasteiger charge is -2.24. The first-order valence-corrected chi connectivity index (χ1v) is 11.3. The van der Waals surface area contributed by atoms with Crippen molar-refractivity contribution in [3.8, 4) is 17.3 Å². The molecule has 1 saturated carbocycles. The summed E-state index contributed by atoms with van der Waals surface area (Å²) in [7, 11) is 0. The number of amides is 1. The number of nitrogens with one attached hydrogen (secondary N) is 2. The quantitative estimate of drug-likeness (QED) is 0.746. The minimum Gasteiger partial charge on any atom is -0.371 e. The smallest absolute Gasteiger partial charge is 0.223 e. The minimum absolute atomic E-state index is 0.0997. The molecule has 2 saturated heterocycles. The number of ether oxygens (including phenoxy) is 2. The molecule has 2 aromatic rings. The van der Waals surface area contributed by atoms with Crippen molar-refractivity contribution in [1.82, 2.24) is 15.3 Å². The van der Waals surface area contributed by atoms with E-state index in [0.717, 1.165) is 36.9 Å². The minimum atomic E-state index is -0.171. The van der Waals surface area contributed by atoms with Gasteiger partial charge in [-0.15, -0.1) is 0 Å². The van der Waals surface area contributed by atoms with Crippen LogP contribution >= 0.6 is 0 Å². The molecule has 2 N–H and O–H groups in total. The summed E-state index contributed by atoms with van der Waals surface area (Å²) in [6, 6.07) is 11.1. The number of hydrogen-bond acceptors (Lipinski definition) is 7. The van der Waals surface area contributed by atoms with Crippen LogP contribution in [0.5, 0.6) is 0 Å². The topological polar surface area (TPSA) is 109 Å². The van der Waals surface area contributed by atoms with Gasteiger partial charge in [0.1, 0.15) is 12.2 Å². The number of carbonyl (C=O) groups is 1. The highest BCUT2D eigenvalue weighted by Crippen LogP contribution is 2.30. The number of nitriles is 1. The van der Waals surface area contributed by atoms with Gasteiger partial charge in [0.05, 0.1) is 42.6 Å². The van der Waals surface area contributed by atoms with Crippen molar-refractivity contribution < 1.29 is 14.3 Å². The third-order valence-electron chi connectivity index (χ3n) is 6.61. The summed E-state index contributed by atoms with van der Waals surface area (Å²) in [6.07, 6.45) is 6.80. The molecule has 2 aliphatic heterocycles. The van der Waals surface area contributed by atoms with E-state index in [4.69, 9.17) is 14.7 Å². The Kier molecular flexibility index (Phi) is 6.02. The highest BCUT2D eigenvalue weighted by Gasteiger charge is 2.48. The van der Waals surface area contributed by atoms with E-state index in [1.807, 2.05) is 18.2 Å². The zero-order valence-corrected chi connectivity index (χ0v) is 17.9. The fourth-order valence-electron chi connectivity index (χ4n) is 4.92. The molecule has 0 radical (unpaired) electrons. The number of nitrogens with zero attached hydrogens (tertiary/aromatic N) is 3. The number of aromatic nitrogens is 2. The number of benzene rings is 1. The molecule has 3 aliphatic rings. The van der Waals surface area contributed by atoms with E-state index in [2.05, 4.69) is 26.7 Å². The van der Waals surface area contributed by atoms with Crippen LogP contribution in [0.4, 0.5) is 5.95 Å². The molecule has 3 fully saturated rings. The van der Waals surface area contributed by atoms with E-state index in [9.17, 15) is 4.79 Å². The third kappa shape index (κ3) is 4.31. The number of fused-ring (bicyclic) bond motifs is 1. The molecule has 8 heteroatoms. The highest BCUT2D eigenvalue weighted by atomic mass is 16.6. The Bertz CT molecular complexity index is 1020. The molecule has 3 heterocycles. The van der Waals surface area contributed by atoms with Crippen LogP contribution in [0.25, 0.3) is 11.3 Å². The van der Waals surface area contributed by atoms with Gasteiger partial charge in [-0.2, -0.15) is 5.26 Å². The summed E-state index contributed by atoms with van der Waals surface area (Å²) in [6.45, 7) is 0.913. The van der Waals surface area contributed by atoms with E-state index in [0.29, 0.717) is 24.7 Å². The zero-order chi connectivity index (χ0) is 21.9. The monoisotopic (exact) mass is 433 g/mol. The van der Waals surface area contributed by atoms with Gasteiger partial charge < -0.3 is 20.1 Å². The van der Waals surface area contributed by atoms with Crippen LogP contribution in [0, 0.1) is 17.2 Å². The molecule has 8 nitrogen and oxygen atoms in total. The second-order valence-corrected chi connectivity index (χ2v) is 8.75. The van der Waals surface area contributed by atoms with Crippen LogP contribution in [-0.4, -0.2) is 53.4 Å². The Morgan fingerprint density at radius 2 is 1.84 bits per heavy atom. The predicted molar refractivity (Wildman–Crippen MR) is 118 cm³/mol. The Balaban J connectivity index is 1.22. The van der Waals surface area contributed by atoms with Crippen molar-refractivity contribution in [1.29, 1.82) is 5.26 Å².